The molecule has 11 nitrogen and oxygen atoms in total. The fourth-order valence-electron chi connectivity index (χ4n) is 5.31. The van der Waals surface area contributed by atoms with Gasteiger partial charge in [-0.2, -0.15) is 0 Å². The molecule has 1 aliphatic carbocycles. The molecule has 5 amide bonds. The number of likely N-dealkylation sites (tertiary alicyclic amines) is 1. The SMILES string of the molecule is CCC(C)(CS(=O)CCC(C)C)NC(=O)NC(C(=O)N1CCC[C@H]1C(=O)NC(CC1CCC1)C(=O)C(N)=O)C(C)(C)C. The maximum atomic E-state index is 13.9. The minimum absolute atomic E-state index is 0.245. The van der Waals surface area contributed by atoms with Gasteiger partial charge in [0.25, 0.3) is 5.91 Å². The lowest BCUT2D eigenvalue weighted by Crippen LogP contribution is -2.62. The minimum atomic E-state index is -1.10. The highest BCUT2D eigenvalue weighted by molar-refractivity contribution is 7.85. The monoisotopic (exact) mass is 611 g/mol. The van der Waals surface area contributed by atoms with Crippen LogP contribution in [0.25, 0.3) is 0 Å². The van der Waals surface area contributed by atoms with Gasteiger partial charge in [-0.3, -0.25) is 23.4 Å². The number of nitrogens with zero attached hydrogens (tertiary/aromatic N) is 1. The largest absolute Gasteiger partial charge is 0.363 e. The molecule has 2 aliphatic rings. The molecule has 1 aliphatic heterocycles. The molecule has 12 heteroatoms. The van der Waals surface area contributed by atoms with Crippen LogP contribution in [0.4, 0.5) is 4.79 Å². The third kappa shape index (κ3) is 10.3. The molecule has 0 radical (unpaired) electrons. The summed E-state index contributed by atoms with van der Waals surface area (Å²) in [6.45, 7) is 13.8. The Morgan fingerprint density at radius 1 is 1.00 bits per heavy atom. The molecule has 0 aromatic carbocycles. The van der Waals surface area contributed by atoms with Crippen molar-refractivity contribution in [1.82, 2.24) is 20.9 Å². The molecule has 1 heterocycles. The van der Waals surface area contributed by atoms with Gasteiger partial charge in [0.1, 0.15) is 12.1 Å². The number of nitrogens with one attached hydrogen (secondary N) is 3. The summed E-state index contributed by atoms with van der Waals surface area (Å²) < 4.78 is 12.7. The van der Waals surface area contributed by atoms with Gasteiger partial charge in [0.15, 0.2) is 0 Å². The summed E-state index contributed by atoms with van der Waals surface area (Å²) in [5, 5.41) is 8.49. The lowest BCUT2D eigenvalue weighted by molar-refractivity contribution is -0.143. The third-order valence-corrected chi connectivity index (χ3v) is 10.1. The topological polar surface area (TPSA) is 168 Å². The first-order valence-corrected chi connectivity index (χ1v) is 16.8. The molecule has 42 heavy (non-hydrogen) atoms. The van der Waals surface area contributed by atoms with Crippen molar-refractivity contribution >= 4 is 40.3 Å². The molecule has 2 fully saturated rings. The second kappa shape index (κ2) is 15.3. The van der Waals surface area contributed by atoms with E-state index in [1.807, 2.05) is 34.6 Å². The smallest absolute Gasteiger partial charge is 0.315 e. The second-order valence-corrected chi connectivity index (χ2v) is 15.4. The van der Waals surface area contributed by atoms with Gasteiger partial charge in [0, 0.05) is 28.9 Å². The van der Waals surface area contributed by atoms with E-state index in [0.717, 1.165) is 25.7 Å². The Labute approximate surface area is 253 Å². The van der Waals surface area contributed by atoms with Crippen LogP contribution in [-0.2, 0) is 30.0 Å². The standard InChI is InChI=1S/C30H53N5O6S/c1-8-30(7,18-42(41)16-14-19(2)3)34-28(40)33-24(29(4,5)6)27(39)35-15-10-13-22(35)26(38)32-21(23(36)25(31)37)17-20-11-9-12-20/h19-22,24H,8-18H2,1-7H3,(H2,31,37)(H,32,38)(H2,33,34,40)/t21?,22-,24?,30?,42?/m0/s1. The molecule has 1 saturated carbocycles. The Hall–Kier alpha value is -2.50. The normalized spacial score (nSPS) is 21.0. The van der Waals surface area contributed by atoms with Crippen LogP contribution in [0.3, 0.4) is 0 Å². The van der Waals surface area contributed by atoms with E-state index in [9.17, 15) is 28.2 Å². The fraction of sp³-hybridized carbons (Fsp3) is 0.833. The van der Waals surface area contributed by atoms with E-state index in [1.165, 1.54) is 4.90 Å². The highest BCUT2D eigenvalue weighted by Gasteiger charge is 2.43. The molecule has 5 N–H and O–H groups in total. The Kier molecular flexibility index (Phi) is 13.0. The highest BCUT2D eigenvalue weighted by Crippen LogP contribution is 2.31. The number of Topliss-reactive ketones (excluding diaryl/α,β-unsaturated/α-hetero) is 1. The van der Waals surface area contributed by atoms with E-state index in [0.29, 0.717) is 49.7 Å². The number of carbonyl (C=O) groups excluding carboxylic acids is 5. The van der Waals surface area contributed by atoms with Crippen molar-refractivity contribution in [1.29, 1.82) is 0 Å². The Balaban J connectivity index is 2.13. The van der Waals surface area contributed by atoms with Gasteiger partial charge >= 0.3 is 6.03 Å². The molecule has 0 spiro atoms. The molecule has 1 saturated heterocycles. The first-order chi connectivity index (χ1) is 19.5. The van der Waals surface area contributed by atoms with Crippen molar-refractivity contribution < 1.29 is 28.2 Å². The zero-order valence-corrected chi connectivity index (χ0v) is 27.4. The van der Waals surface area contributed by atoms with Crippen molar-refractivity contribution in [3.05, 3.63) is 0 Å². The van der Waals surface area contributed by atoms with Crippen LogP contribution in [0, 0.1) is 17.3 Å². The number of carbonyl (C=O) groups is 5. The van der Waals surface area contributed by atoms with Crippen LogP contribution in [0.2, 0.25) is 0 Å². The molecule has 240 valence electrons. The predicted molar refractivity (Wildman–Crippen MR) is 164 cm³/mol. The molecular weight excluding hydrogens is 558 g/mol. The van der Waals surface area contributed by atoms with Crippen molar-refractivity contribution in [3.63, 3.8) is 0 Å². The molecule has 5 atom stereocenters. The quantitative estimate of drug-likeness (QED) is 0.207. The zero-order valence-electron chi connectivity index (χ0n) is 26.5. The van der Waals surface area contributed by atoms with Crippen LogP contribution >= 0.6 is 0 Å². The number of amides is 5. The van der Waals surface area contributed by atoms with E-state index in [1.54, 1.807) is 0 Å². The van der Waals surface area contributed by atoms with Gasteiger partial charge in [-0.15, -0.1) is 0 Å². The number of urea groups is 1. The van der Waals surface area contributed by atoms with E-state index in [-0.39, 0.29) is 5.92 Å². The molecule has 2 rings (SSSR count). The van der Waals surface area contributed by atoms with Gasteiger partial charge in [-0.05, 0) is 56.3 Å². The maximum absolute atomic E-state index is 13.9. The van der Waals surface area contributed by atoms with Gasteiger partial charge < -0.3 is 26.6 Å². The highest BCUT2D eigenvalue weighted by atomic mass is 32.2. The third-order valence-electron chi connectivity index (χ3n) is 8.49. The zero-order chi connectivity index (χ0) is 31.8. The molecule has 4 unspecified atom stereocenters. The van der Waals surface area contributed by atoms with E-state index < -0.39 is 69.4 Å². The van der Waals surface area contributed by atoms with Crippen LogP contribution in [0.5, 0.6) is 0 Å². The summed E-state index contributed by atoms with van der Waals surface area (Å²) in [5.41, 5.74) is 3.84. The van der Waals surface area contributed by atoms with Gasteiger partial charge in [-0.25, -0.2) is 4.79 Å². The predicted octanol–water partition coefficient (Wildman–Crippen LogP) is 2.38. The van der Waals surface area contributed by atoms with E-state index >= 15 is 0 Å². The summed E-state index contributed by atoms with van der Waals surface area (Å²) in [6.07, 6.45) is 5.63. The van der Waals surface area contributed by atoms with Crippen LogP contribution in [0.15, 0.2) is 0 Å². The Morgan fingerprint density at radius 2 is 1.64 bits per heavy atom. The molecular formula is C30H53N5O6S. The van der Waals surface area contributed by atoms with Gasteiger partial charge in [0.05, 0.1) is 11.6 Å². The Morgan fingerprint density at radius 3 is 2.14 bits per heavy atom. The summed E-state index contributed by atoms with van der Waals surface area (Å²) >= 11 is 0. The van der Waals surface area contributed by atoms with Crippen LogP contribution in [0.1, 0.15) is 99.8 Å². The van der Waals surface area contributed by atoms with Crippen molar-refractivity contribution in [3.8, 4) is 0 Å². The summed E-state index contributed by atoms with van der Waals surface area (Å²) in [7, 11) is -1.10. The summed E-state index contributed by atoms with van der Waals surface area (Å²) in [5.74, 6) is -1.28. The van der Waals surface area contributed by atoms with E-state index in [2.05, 4.69) is 29.8 Å². The molecule has 0 aromatic rings. The van der Waals surface area contributed by atoms with Gasteiger partial charge in [-0.1, -0.05) is 60.8 Å². The number of ketones is 1. The first-order valence-electron chi connectivity index (χ1n) is 15.4. The number of rotatable bonds is 15. The van der Waals surface area contributed by atoms with Crippen LogP contribution in [-0.4, -0.2) is 80.4 Å². The van der Waals surface area contributed by atoms with Crippen molar-refractivity contribution in [2.24, 2.45) is 23.0 Å². The number of hydrogen-bond acceptors (Lipinski definition) is 6. The second-order valence-electron chi connectivity index (χ2n) is 13.8. The molecule has 0 bridgehead atoms. The average Bonchev–Trinajstić information content (AvgIpc) is 3.36. The minimum Gasteiger partial charge on any atom is -0.363 e. The summed E-state index contributed by atoms with van der Waals surface area (Å²) in [4.78, 5) is 66.0. The molecule has 0 aromatic heterocycles. The fourth-order valence-corrected chi connectivity index (χ4v) is 7.18. The van der Waals surface area contributed by atoms with Gasteiger partial charge in [0.2, 0.25) is 17.6 Å². The average molecular weight is 612 g/mol. The van der Waals surface area contributed by atoms with Crippen LogP contribution < -0.4 is 21.7 Å². The Bertz CT molecular complexity index is 1020. The van der Waals surface area contributed by atoms with Crippen molar-refractivity contribution in [2.75, 3.05) is 18.1 Å². The lowest BCUT2D eigenvalue weighted by Gasteiger charge is -2.37. The van der Waals surface area contributed by atoms with Crippen molar-refractivity contribution in [2.45, 2.75) is 123 Å². The lowest BCUT2D eigenvalue weighted by atomic mass is 9.80. The maximum Gasteiger partial charge on any atom is 0.315 e. The number of hydrogen-bond donors (Lipinski definition) is 4. The first kappa shape index (κ1) is 35.7. The number of primary amides is 1. The summed E-state index contributed by atoms with van der Waals surface area (Å²) in [6, 6.07) is -3.34. The number of nitrogens with two attached hydrogens (primary N) is 1. The van der Waals surface area contributed by atoms with E-state index in [4.69, 9.17) is 5.73 Å².